The lowest BCUT2D eigenvalue weighted by atomic mass is 10.5. The number of thioether (sulfide) groups is 1. The summed E-state index contributed by atoms with van der Waals surface area (Å²) in [5.41, 5.74) is 0.383. The van der Waals surface area contributed by atoms with Gasteiger partial charge in [0.1, 0.15) is 0 Å². The molecule has 0 aliphatic heterocycles. The molecule has 0 fully saturated rings. The molecule has 4 nitrogen and oxygen atoms in total. The maximum absolute atomic E-state index is 11.2. The highest BCUT2D eigenvalue weighted by Crippen LogP contribution is 2.19. The number of carbonyl (C=O) groups is 1. The standard InChI is InChI=1S/C9H14N2O2S2/c1-11(4-5-14-3)9-10-7(6-15-9)8(12)13-2/h6H,4-5H2,1-3H3. The van der Waals surface area contributed by atoms with Crippen molar-refractivity contribution >= 4 is 34.2 Å². The Labute approximate surface area is 97.6 Å². The Balaban J connectivity index is 2.62. The van der Waals surface area contributed by atoms with E-state index in [1.807, 2.05) is 11.9 Å². The van der Waals surface area contributed by atoms with Gasteiger partial charge in [0.25, 0.3) is 0 Å². The SMILES string of the molecule is COC(=O)c1csc(N(C)CCSC)n1. The van der Waals surface area contributed by atoms with E-state index in [4.69, 9.17) is 0 Å². The van der Waals surface area contributed by atoms with Crippen LogP contribution in [-0.2, 0) is 4.74 Å². The number of anilines is 1. The first-order chi connectivity index (χ1) is 7.19. The van der Waals surface area contributed by atoms with Gasteiger partial charge >= 0.3 is 5.97 Å². The second-order valence-corrected chi connectivity index (χ2v) is 4.74. The number of esters is 1. The Hall–Kier alpha value is -0.750. The van der Waals surface area contributed by atoms with Crippen molar-refractivity contribution in [2.24, 2.45) is 0 Å². The van der Waals surface area contributed by atoms with Crippen LogP contribution in [0.25, 0.3) is 0 Å². The largest absolute Gasteiger partial charge is 0.464 e. The maximum atomic E-state index is 11.2. The molecule has 0 atom stereocenters. The average molecular weight is 246 g/mol. The molecule has 0 N–H and O–H groups in total. The van der Waals surface area contributed by atoms with Crippen LogP contribution in [0.1, 0.15) is 10.5 Å². The van der Waals surface area contributed by atoms with Gasteiger partial charge in [-0.3, -0.25) is 0 Å². The third-order valence-electron chi connectivity index (χ3n) is 1.84. The fourth-order valence-electron chi connectivity index (χ4n) is 0.962. The fraction of sp³-hybridized carbons (Fsp3) is 0.556. The zero-order valence-corrected chi connectivity index (χ0v) is 10.7. The molecule has 1 heterocycles. The number of rotatable bonds is 5. The molecule has 84 valence electrons. The first kappa shape index (κ1) is 12.3. The number of hydrogen-bond donors (Lipinski definition) is 0. The van der Waals surface area contributed by atoms with Gasteiger partial charge in [-0.15, -0.1) is 11.3 Å². The van der Waals surface area contributed by atoms with Crippen molar-refractivity contribution in [2.75, 3.05) is 37.6 Å². The lowest BCUT2D eigenvalue weighted by Crippen LogP contribution is -2.20. The Bertz CT molecular complexity index is 328. The number of nitrogens with zero attached hydrogens (tertiary/aromatic N) is 2. The first-order valence-electron chi connectivity index (χ1n) is 4.43. The average Bonchev–Trinajstić information content (AvgIpc) is 2.74. The molecule has 0 saturated carbocycles. The van der Waals surface area contributed by atoms with Crippen LogP contribution < -0.4 is 4.90 Å². The predicted molar refractivity (Wildman–Crippen MR) is 65.1 cm³/mol. The number of ether oxygens (including phenoxy) is 1. The second-order valence-electron chi connectivity index (χ2n) is 2.92. The van der Waals surface area contributed by atoms with Crippen molar-refractivity contribution < 1.29 is 9.53 Å². The summed E-state index contributed by atoms with van der Waals surface area (Å²) in [6, 6.07) is 0. The minimum Gasteiger partial charge on any atom is -0.464 e. The summed E-state index contributed by atoms with van der Waals surface area (Å²) in [5, 5.41) is 2.57. The molecule has 0 radical (unpaired) electrons. The summed E-state index contributed by atoms with van der Waals surface area (Å²) in [6.45, 7) is 0.926. The lowest BCUT2D eigenvalue weighted by Gasteiger charge is -2.14. The van der Waals surface area contributed by atoms with E-state index in [0.717, 1.165) is 17.4 Å². The van der Waals surface area contributed by atoms with Crippen LogP contribution in [-0.4, -0.2) is 43.7 Å². The maximum Gasteiger partial charge on any atom is 0.357 e. The number of methoxy groups -OCH3 is 1. The van der Waals surface area contributed by atoms with E-state index in [0.29, 0.717) is 5.69 Å². The second kappa shape index (κ2) is 5.97. The van der Waals surface area contributed by atoms with Gasteiger partial charge in [-0.1, -0.05) is 0 Å². The summed E-state index contributed by atoms with van der Waals surface area (Å²) in [5.74, 6) is 0.666. The molecule has 1 aromatic heterocycles. The highest BCUT2D eigenvalue weighted by molar-refractivity contribution is 7.98. The van der Waals surface area contributed by atoms with Crippen molar-refractivity contribution in [3.63, 3.8) is 0 Å². The van der Waals surface area contributed by atoms with E-state index in [1.165, 1.54) is 18.4 Å². The third-order valence-corrected chi connectivity index (χ3v) is 3.39. The van der Waals surface area contributed by atoms with Gasteiger partial charge in [0.15, 0.2) is 10.8 Å². The lowest BCUT2D eigenvalue weighted by molar-refractivity contribution is 0.0595. The van der Waals surface area contributed by atoms with Gasteiger partial charge < -0.3 is 9.64 Å². The summed E-state index contributed by atoms with van der Waals surface area (Å²) < 4.78 is 4.59. The quantitative estimate of drug-likeness (QED) is 0.740. The molecule has 0 spiro atoms. The van der Waals surface area contributed by atoms with Crippen LogP contribution in [0.5, 0.6) is 0 Å². The summed E-state index contributed by atoms with van der Waals surface area (Å²) >= 11 is 3.24. The van der Waals surface area contributed by atoms with E-state index in [9.17, 15) is 4.79 Å². The molecule has 0 aliphatic rings. The monoisotopic (exact) mass is 246 g/mol. The Morgan fingerprint density at radius 3 is 3.07 bits per heavy atom. The van der Waals surface area contributed by atoms with Crippen molar-refractivity contribution in [1.82, 2.24) is 4.98 Å². The molecule has 1 rings (SSSR count). The van der Waals surface area contributed by atoms with Gasteiger partial charge in [0.2, 0.25) is 0 Å². The van der Waals surface area contributed by atoms with Gasteiger partial charge in [0, 0.05) is 24.7 Å². The zero-order chi connectivity index (χ0) is 11.3. The Morgan fingerprint density at radius 1 is 1.73 bits per heavy atom. The number of hydrogen-bond acceptors (Lipinski definition) is 6. The van der Waals surface area contributed by atoms with E-state index in [-0.39, 0.29) is 5.97 Å². The molecule has 0 unspecified atom stereocenters. The molecule has 0 aromatic carbocycles. The molecule has 0 bridgehead atoms. The van der Waals surface area contributed by atoms with Crippen molar-refractivity contribution in [3.05, 3.63) is 11.1 Å². The smallest absolute Gasteiger partial charge is 0.357 e. The number of aromatic nitrogens is 1. The van der Waals surface area contributed by atoms with Crippen molar-refractivity contribution in [3.8, 4) is 0 Å². The fourth-order valence-corrected chi connectivity index (χ4v) is 2.21. The van der Waals surface area contributed by atoms with Gasteiger partial charge in [0.05, 0.1) is 7.11 Å². The van der Waals surface area contributed by atoms with Crippen LogP contribution in [0.2, 0.25) is 0 Å². The molecular formula is C9H14N2O2S2. The molecule has 6 heteroatoms. The van der Waals surface area contributed by atoms with Crippen LogP contribution in [0.15, 0.2) is 5.38 Å². The third kappa shape index (κ3) is 3.39. The Morgan fingerprint density at radius 2 is 2.47 bits per heavy atom. The summed E-state index contributed by atoms with van der Waals surface area (Å²) in [4.78, 5) is 17.4. The minimum absolute atomic E-state index is 0.379. The Kier molecular flexibility index (Phi) is 4.90. The molecule has 1 aromatic rings. The van der Waals surface area contributed by atoms with E-state index >= 15 is 0 Å². The van der Waals surface area contributed by atoms with Crippen LogP contribution >= 0.6 is 23.1 Å². The van der Waals surface area contributed by atoms with Gasteiger partial charge in [-0.2, -0.15) is 11.8 Å². The van der Waals surface area contributed by atoms with E-state index in [2.05, 4.69) is 16.0 Å². The first-order valence-corrected chi connectivity index (χ1v) is 6.70. The highest BCUT2D eigenvalue weighted by Gasteiger charge is 2.12. The number of carbonyl (C=O) groups excluding carboxylic acids is 1. The molecule has 0 saturated heterocycles. The van der Waals surface area contributed by atoms with Crippen LogP contribution in [0.4, 0.5) is 5.13 Å². The van der Waals surface area contributed by atoms with Gasteiger partial charge in [-0.25, -0.2) is 9.78 Å². The van der Waals surface area contributed by atoms with Crippen molar-refractivity contribution in [1.29, 1.82) is 0 Å². The predicted octanol–water partition coefficient (Wildman–Crippen LogP) is 1.73. The normalized spacial score (nSPS) is 10.1. The number of thiazole rings is 1. The minimum atomic E-state index is -0.379. The van der Waals surface area contributed by atoms with E-state index in [1.54, 1.807) is 17.1 Å². The summed E-state index contributed by atoms with van der Waals surface area (Å²) in [7, 11) is 3.33. The molecular weight excluding hydrogens is 232 g/mol. The van der Waals surface area contributed by atoms with Crippen molar-refractivity contribution in [2.45, 2.75) is 0 Å². The molecule has 0 amide bonds. The molecule has 0 aliphatic carbocycles. The zero-order valence-electron chi connectivity index (χ0n) is 9.02. The summed E-state index contributed by atoms with van der Waals surface area (Å²) in [6.07, 6.45) is 2.07. The van der Waals surface area contributed by atoms with Crippen LogP contribution in [0, 0.1) is 0 Å². The topological polar surface area (TPSA) is 42.4 Å². The highest BCUT2D eigenvalue weighted by atomic mass is 32.2. The van der Waals surface area contributed by atoms with Gasteiger partial charge in [-0.05, 0) is 6.26 Å². The molecule has 15 heavy (non-hydrogen) atoms. The van der Waals surface area contributed by atoms with E-state index < -0.39 is 0 Å². The van der Waals surface area contributed by atoms with Crippen LogP contribution in [0.3, 0.4) is 0 Å².